The highest BCUT2D eigenvalue weighted by Crippen LogP contribution is 2.44. The Bertz CT molecular complexity index is 2870. The first-order valence-corrected chi connectivity index (χ1v) is 17.5. The second kappa shape index (κ2) is 11.6. The summed E-state index contributed by atoms with van der Waals surface area (Å²) < 4.78 is 4.98. The minimum Gasteiger partial charge on any atom is -0.308 e. The summed E-state index contributed by atoms with van der Waals surface area (Å²) in [5.41, 5.74) is 8.44. The number of hydrogen-bond donors (Lipinski definition) is 0. The average Bonchev–Trinajstić information content (AvgIpc) is 3.74. The van der Waals surface area contributed by atoms with Gasteiger partial charge in [0.2, 0.25) is 0 Å². The molecule has 234 valence electrons. The van der Waals surface area contributed by atoms with Crippen LogP contribution in [0.4, 0.5) is 0 Å². The molecule has 50 heavy (non-hydrogen) atoms. The molecular weight excluding hydrogens is 629 g/mol. The quantitative estimate of drug-likeness (QED) is 0.185. The average molecular weight is 657 g/mol. The molecule has 10 aromatic rings. The molecule has 0 fully saturated rings. The molecule has 0 saturated carbocycles. The number of aromatic nitrogens is 4. The monoisotopic (exact) mass is 656 g/mol. The number of rotatable bonds is 5. The summed E-state index contributed by atoms with van der Waals surface area (Å²) in [6.45, 7) is 0. The SMILES string of the molecule is c1ccc(-c2cccc(-c3nc(-c4ccccc4)nc(-c4ccccc4-n4c5ccccc5c5ccc6sc7ccccc7c6c54)n3)c2)cc1. The van der Waals surface area contributed by atoms with Crippen LogP contribution in [-0.2, 0) is 0 Å². The predicted octanol–water partition coefficient (Wildman–Crippen LogP) is 12.0. The van der Waals surface area contributed by atoms with Crippen molar-refractivity contribution in [1.29, 1.82) is 0 Å². The van der Waals surface area contributed by atoms with E-state index in [0.29, 0.717) is 17.5 Å². The first-order valence-electron chi connectivity index (χ1n) is 16.7. The summed E-state index contributed by atoms with van der Waals surface area (Å²) >= 11 is 1.84. The van der Waals surface area contributed by atoms with Gasteiger partial charge in [-0.15, -0.1) is 11.3 Å². The van der Waals surface area contributed by atoms with Crippen LogP contribution in [0.3, 0.4) is 0 Å². The first kappa shape index (κ1) is 28.6. The lowest BCUT2D eigenvalue weighted by molar-refractivity contribution is 1.06. The molecule has 7 aromatic carbocycles. The Morgan fingerprint density at radius 1 is 0.400 bits per heavy atom. The summed E-state index contributed by atoms with van der Waals surface area (Å²) in [5, 5.41) is 4.99. The predicted molar refractivity (Wildman–Crippen MR) is 209 cm³/mol. The van der Waals surface area contributed by atoms with Crippen LogP contribution < -0.4 is 0 Å². The van der Waals surface area contributed by atoms with E-state index < -0.39 is 0 Å². The van der Waals surface area contributed by atoms with E-state index >= 15 is 0 Å². The lowest BCUT2D eigenvalue weighted by atomic mass is 10.0. The van der Waals surface area contributed by atoms with E-state index in [2.05, 4.69) is 150 Å². The van der Waals surface area contributed by atoms with Crippen LogP contribution in [0.1, 0.15) is 0 Å². The summed E-state index contributed by atoms with van der Waals surface area (Å²) in [5.74, 6) is 1.90. The highest BCUT2D eigenvalue weighted by Gasteiger charge is 2.21. The molecule has 0 radical (unpaired) electrons. The number of hydrogen-bond acceptors (Lipinski definition) is 4. The van der Waals surface area contributed by atoms with E-state index in [1.807, 2.05) is 35.6 Å². The maximum absolute atomic E-state index is 5.23. The molecule has 0 unspecified atom stereocenters. The van der Waals surface area contributed by atoms with Crippen LogP contribution in [0.25, 0.3) is 93.0 Å². The van der Waals surface area contributed by atoms with E-state index in [0.717, 1.165) is 39.0 Å². The molecule has 0 N–H and O–H groups in total. The summed E-state index contributed by atoms with van der Waals surface area (Å²) in [4.78, 5) is 15.5. The van der Waals surface area contributed by atoms with Crippen LogP contribution >= 0.6 is 11.3 Å². The molecule has 0 aliphatic carbocycles. The van der Waals surface area contributed by atoms with Crippen LogP contribution in [0.15, 0.2) is 170 Å². The molecule has 10 rings (SSSR count). The molecule has 0 bridgehead atoms. The van der Waals surface area contributed by atoms with Gasteiger partial charge in [0, 0.05) is 47.6 Å². The van der Waals surface area contributed by atoms with Gasteiger partial charge in [-0.2, -0.15) is 0 Å². The second-order valence-electron chi connectivity index (χ2n) is 12.4. The van der Waals surface area contributed by atoms with Crippen molar-refractivity contribution in [2.45, 2.75) is 0 Å². The topological polar surface area (TPSA) is 43.6 Å². The molecule has 4 nitrogen and oxygen atoms in total. The number of nitrogens with zero attached hydrogens (tertiary/aromatic N) is 4. The molecule has 0 spiro atoms. The maximum atomic E-state index is 5.23. The van der Waals surface area contributed by atoms with Crippen LogP contribution in [0.5, 0.6) is 0 Å². The van der Waals surface area contributed by atoms with Crippen LogP contribution in [0, 0.1) is 0 Å². The standard InChI is InChI=1S/C45H28N4S/c1-3-14-29(15-4-1)31-18-13-19-32(28-31)44-46-43(30-16-5-2-6-17-30)47-45(48-44)35-21-8-11-24-38(35)49-37-23-10-7-20-33(37)34-26-27-40-41(42(34)49)36-22-9-12-25-39(36)50-40/h1-28H. The van der Waals surface area contributed by atoms with E-state index in [4.69, 9.17) is 15.0 Å². The van der Waals surface area contributed by atoms with Gasteiger partial charge in [-0.1, -0.05) is 133 Å². The third kappa shape index (κ3) is 4.63. The van der Waals surface area contributed by atoms with Crippen molar-refractivity contribution in [1.82, 2.24) is 19.5 Å². The number of benzene rings is 7. The molecule has 3 heterocycles. The molecule has 3 aromatic heterocycles. The number of para-hydroxylation sites is 2. The summed E-state index contributed by atoms with van der Waals surface area (Å²) in [6.07, 6.45) is 0. The lowest BCUT2D eigenvalue weighted by Crippen LogP contribution is -2.03. The second-order valence-corrected chi connectivity index (χ2v) is 13.5. The Morgan fingerprint density at radius 3 is 1.86 bits per heavy atom. The third-order valence-corrected chi connectivity index (χ3v) is 10.6. The van der Waals surface area contributed by atoms with Crippen LogP contribution in [-0.4, -0.2) is 19.5 Å². The van der Waals surface area contributed by atoms with Crippen molar-refractivity contribution in [2.75, 3.05) is 0 Å². The molecule has 0 atom stereocenters. The van der Waals surface area contributed by atoms with Gasteiger partial charge in [-0.05, 0) is 47.5 Å². The Hall–Kier alpha value is -6.43. The van der Waals surface area contributed by atoms with Gasteiger partial charge in [-0.25, -0.2) is 15.0 Å². The van der Waals surface area contributed by atoms with Crippen molar-refractivity contribution < 1.29 is 0 Å². The molecular formula is C45H28N4S. The molecule has 5 heteroatoms. The molecule has 0 aliphatic rings. The highest BCUT2D eigenvalue weighted by molar-refractivity contribution is 7.26. The maximum Gasteiger partial charge on any atom is 0.166 e. The zero-order valence-corrected chi connectivity index (χ0v) is 27.7. The van der Waals surface area contributed by atoms with Gasteiger partial charge in [-0.3, -0.25) is 0 Å². The van der Waals surface area contributed by atoms with E-state index in [1.165, 1.54) is 36.5 Å². The Kier molecular flexibility index (Phi) is 6.64. The largest absolute Gasteiger partial charge is 0.308 e. The number of thiophene rings is 1. The van der Waals surface area contributed by atoms with Crippen LogP contribution in [0.2, 0.25) is 0 Å². The Morgan fingerprint density at radius 2 is 1.02 bits per heavy atom. The Balaban J connectivity index is 1.26. The summed E-state index contributed by atoms with van der Waals surface area (Å²) in [7, 11) is 0. The Labute approximate surface area is 292 Å². The van der Waals surface area contributed by atoms with Gasteiger partial charge >= 0.3 is 0 Å². The van der Waals surface area contributed by atoms with Crippen molar-refractivity contribution in [2.24, 2.45) is 0 Å². The normalized spacial score (nSPS) is 11.6. The first-order chi connectivity index (χ1) is 24.8. The number of fused-ring (bicyclic) bond motifs is 7. The highest BCUT2D eigenvalue weighted by atomic mass is 32.1. The van der Waals surface area contributed by atoms with Gasteiger partial charge in [0.15, 0.2) is 17.5 Å². The van der Waals surface area contributed by atoms with E-state index in [9.17, 15) is 0 Å². The van der Waals surface area contributed by atoms with Gasteiger partial charge in [0.25, 0.3) is 0 Å². The minimum atomic E-state index is 0.628. The third-order valence-electron chi connectivity index (χ3n) is 9.46. The van der Waals surface area contributed by atoms with Crippen molar-refractivity contribution >= 4 is 53.3 Å². The lowest BCUT2D eigenvalue weighted by Gasteiger charge is -2.15. The van der Waals surface area contributed by atoms with E-state index in [-0.39, 0.29) is 0 Å². The fourth-order valence-corrected chi connectivity index (χ4v) is 8.29. The van der Waals surface area contributed by atoms with Gasteiger partial charge in [0.1, 0.15) is 0 Å². The molecule has 0 amide bonds. The van der Waals surface area contributed by atoms with E-state index in [1.54, 1.807) is 0 Å². The fraction of sp³-hybridized carbons (Fsp3) is 0. The van der Waals surface area contributed by atoms with Gasteiger partial charge < -0.3 is 4.57 Å². The van der Waals surface area contributed by atoms with Crippen molar-refractivity contribution in [3.8, 4) is 51.0 Å². The molecule has 0 saturated heterocycles. The zero-order valence-electron chi connectivity index (χ0n) is 26.9. The summed E-state index contributed by atoms with van der Waals surface area (Å²) in [6, 6.07) is 59.5. The minimum absolute atomic E-state index is 0.628. The molecule has 0 aliphatic heterocycles. The zero-order chi connectivity index (χ0) is 33.0. The smallest absolute Gasteiger partial charge is 0.166 e. The fourth-order valence-electron chi connectivity index (χ4n) is 7.18. The van der Waals surface area contributed by atoms with Crippen molar-refractivity contribution in [3.05, 3.63) is 170 Å². The van der Waals surface area contributed by atoms with Gasteiger partial charge in [0.05, 0.1) is 16.7 Å². The van der Waals surface area contributed by atoms with Crippen molar-refractivity contribution in [3.63, 3.8) is 0 Å².